The summed E-state index contributed by atoms with van der Waals surface area (Å²) in [4.78, 5) is 1.54. The number of benzene rings is 2. The van der Waals surface area contributed by atoms with Gasteiger partial charge >= 0.3 is 0 Å². The van der Waals surface area contributed by atoms with Gasteiger partial charge in [0.15, 0.2) is 11.7 Å². The molecule has 1 heterocycles. The maximum Gasteiger partial charge on any atom is 0.162 e. The molecule has 3 aromatic rings. The van der Waals surface area contributed by atoms with Crippen LogP contribution in [0.15, 0.2) is 83.0 Å². The molecule has 0 amide bonds. The molecule has 0 fully saturated rings. The molecule has 2 aromatic carbocycles. The van der Waals surface area contributed by atoms with Crippen molar-refractivity contribution in [1.82, 2.24) is 0 Å². The zero-order chi connectivity index (χ0) is 18.4. The highest BCUT2D eigenvalue weighted by atomic mass is 32.1. The number of hydrogen-bond donors (Lipinski definition) is 4. The van der Waals surface area contributed by atoms with Crippen LogP contribution in [0.5, 0.6) is 0 Å². The first-order valence-electron chi connectivity index (χ1n) is 7.82. The van der Waals surface area contributed by atoms with Crippen LogP contribution in [0.3, 0.4) is 0 Å². The molecule has 7 N–H and O–H groups in total. The van der Waals surface area contributed by atoms with Gasteiger partial charge in [0, 0.05) is 0 Å². The molecule has 0 saturated carbocycles. The quantitative estimate of drug-likeness (QED) is 0.232. The molecule has 0 atom stereocenters. The Morgan fingerprint density at radius 1 is 0.808 bits per heavy atom. The first kappa shape index (κ1) is 17.5. The fraction of sp³-hybridized carbons (Fsp3) is 0. The topological polar surface area (TPSA) is 118 Å². The highest BCUT2D eigenvalue weighted by Crippen LogP contribution is 2.17. The van der Waals surface area contributed by atoms with E-state index in [-0.39, 0.29) is 0 Å². The Hall–Kier alpha value is -3.36. The molecule has 0 spiro atoms. The van der Waals surface area contributed by atoms with Crippen LogP contribution in [0.4, 0.5) is 11.4 Å². The molecule has 132 valence electrons. The highest BCUT2D eigenvalue weighted by Gasteiger charge is 2.09. The van der Waals surface area contributed by atoms with E-state index in [1.165, 1.54) is 16.5 Å². The molecule has 8 heteroatoms. The lowest BCUT2D eigenvalue weighted by atomic mass is 10.3. The first-order valence-corrected chi connectivity index (χ1v) is 8.64. The maximum atomic E-state index is 6.05. The van der Waals surface area contributed by atoms with Crippen LogP contribution in [0.25, 0.3) is 0 Å². The zero-order valence-electron chi connectivity index (χ0n) is 13.9. The Bertz CT molecular complexity index is 904. The Labute approximate surface area is 155 Å². The van der Waals surface area contributed by atoms with E-state index in [2.05, 4.69) is 15.6 Å². The zero-order valence-corrected chi connectivity index (χ0v) is 14.7. The van der Waals surface area contributed by atoms with E-state index in [9.17, 15) is 0 Å². The van der Waals surface area contributed by atoms with Crippen LogP contribution in [0, 0.1) is 0 Å². The van der Waals surface area contributed by atoms with Crippen molar-refractivity contribution in [2.24, 2.45) is 27.5 Å². The number of nitrogens with one attached hydrogen (secondary N) is 1. The van der Waals surface area contributed by atoms with Gasteiger partial charge in [-0.1, -0.05) is 36.4 Å². The van der Waals surface area contributed by atoms with Gasteiger partial charge in [0.25, 0.3) is 0 Å². The number of nitrogens with two attached hydrogens (primary N) is 3. The van der Waals surface area contributed by atoms with Crippen LogP contribution in [-0.2, 0) is 0 Å². The molecule has 0 aliphatic rings. The van der Waals surface area contributed by atoms with Gasteiger partial charge in [0.1, 0.15) is 0 Å². The molecule has 0 bridgehead atoms. The molecule has 7 nitrogen and oxygen atoms in total. The summed E-state index contributed by atoms with van der Waals surface area (Å²) in [5.74, 6) is 6.59. The normalized spacial score (nSPS) is 12.0. The molecule has 3 rings (SSSR count). The smallest absolute Gasteiger partial charge is 0.162 e. The minimum Gasteiger partial charge on any atom is -0.381 e. The van der Waals surface area contributed by atoms with Gasteiger partial charge in [0.05, 0.1) is 21.1 Å². The fourth-order valence-electron chi connectivity index (χ4n) is 2.11. The molecule has 26 heavy (non-hydrogen) atoms. The summed E-state index contributed by atoms with van der Waals surface area (Å²) in [5, 5.41) is 9.63. The number of hydrazine groups is 1. The van der Waals surface area contributed by atoms with E-state index in [1.54, 1.807) is 0 Å². The molecule has 0 unspecified atom stereocenters. The predicted molar refractivity (Wildman–Crippen MR) is 109 cm³/mol. The van der Waals surface area contributed by atoms with E-state index in [4.69, 9.17) is 17.3 Å². The minimum absolute atomic E-state index is 0.302. The lowest BCUT2D eigenvalue weighted by Gasteiger charge is -2.12. The van der Waals surface area contributed by atoms with Crippen LogP contribution in [0.1, 0.15) is 9.75 Å². The molecule has 0 radical (unpaired) electrons. The summed E-state index contributed by atoms with van der Waals surface area (Å²) < 4.78 is 0. The van der Waals surface area contributed by atoms with E-state index >= 15 is 0 Å². The number of para-hydroxylation sites is 2. The van der Waals surface area contributed by atoms with Crippen molar-refractivity contribution in [3.8, 4) is 0 Å². The summed E-state index contributed by atoms with van der Waals surface area (Å²) in [6.07, 6.45) is 0. The summed E-state index contributed by atoms with van der Waals surface area (Å²) in [7, 11) is 0. The van der Waals surface area contributed by atoms with Crippen LogP contribution < -0.4 is 27.9 Å². The third-order valence-electron chi connectivity index (χ3n) is 3.43. The number of hydrogen-bond acceptors (Lipinski definition) is 6. The van der Waals surface area contributed by atoms with Crippen molar-refractivity contribution in [2.75, 3.05) is 10.5 Å². The number of amidine groups is 2. The van der Waals surface area contributed by atoms with Gasteiger partial charge < -0.3 is 11.5 Å². The van der Waals surface area contributed by atoms with Crippen LogP contribution >= 0.6 is 11.3 Å². The Morgan fingerprint density at radius 3 is 2.04 bits per heavy atom. The average Bonchev–Trinajstić information content (AvgIpc) is 3.18. The molecular weight excluding hydrogens is 346 g/mol. The van der Waals surface area contributed by atoms with Crippen molar-refractivity contribution < 1.29 is 0 Å². The van der Waals surface area contributed by atoms with Crippen molar-refractivity contribution in [2.45, 2.75) is 0 Å². The Morgan fingerprint density at radius 2 is 1.38 bits per heavy atom. The third-order valence-corrected chi connectivity index (χ3v) is 4.56. The monoisotopic (exact) mass is 365 g/mol. The van der Waals surface area contributed by atoms with E-state index < -0.39 is 0 Å². The number of rotatable bonds is 6. The lowest BCUT2D eigenvalue weighted by Crippen LogP contribution is -2.28. The summed E-state index contributed by atoms with van der Waals surface area (Å²) in [6.45, 7) is 0. The summed E-state index contributed by atoms with van der Waals surface area (Å²) >= 11 is 1.39. The SMILES string of the molecule is N/C(=N\Nc1ccccc1)c1ccc(/C(N)=N/N(N)c2ccccc2)s1. The van der Waals surface area contributed by atoms with Gasteiger partial charge in [-0.05, 0) is 36.4 Å². The number of hydrazone groups is 2. The fourth-order valence-corrected chi connectivity index (χ4v) is 2.91. The number of anilines is 2. The summed E-state index contributed by atoms with van der Waals surface area (Å²) in [5.41, 5.74) is 16.6. The predicted octanol–water partition coefficient (Wildman–Crippen LogP) is 2.48. The van der Waals surface area contributed by atoms with Crippen molar-refractivity contribution in [1.29, 1.82) is 0 Å². The second-order valence-electron chi connectivity index (χ2n) is 5.30. The minimum atomic E-state index is 0.302. The maximum absolute atomic E-state index is 6.05. The Kier molecular flexibility index (Phi) is 5.47. The van der Waals surface area contributed by atoms with Gasteiger partial charge in [-0.25, -0.2) is 5.84 Å². The second kappa shape index (κ2) is 8.15. The number of nitrogens with zero attached hydrogens (tertiary/aromatic N) is 3. The third kappa shape index (κ3) is 4.38. The lowest BCUT2D eigenvalue weighted by molar-refractivity contribution is 0.923. The highest BCUT2D eigenvalue weighted by molar-refractivity contribution is 7.16. The van der Waals surface area contributed by atoms with Gasteiger partial charge in [-0.2, -0.15) is 10.2 Å². The van der Waals surface area contributed by atoms with E-state index in [0.29, 0.717) is 11.7 Å². The molecule has 0 saturated heterocycles. The molecule has 0 aliphatic heterocycles. The second-order valence-corrected chi connectivity index (χ2v) is 6.39. The van der Waals surface area contributed by atoms with Crippen LogP contribution in [0.2, 0.25) is 0 Å². The van der Waals surface area contributed by atoms with Crippen molar-refractivity contribution in [3.63, 3.8) is 0 Å². The van der Waals surface area contributed by atoms with Crippen molar-refractivity contribution in [3.05, 3.63) is 82.6 Å². The van der Waals surface area contributed by atoms with Crippen LogP contribution in [-0.4, -0.2) is 11.7 Å². The van der Waals surface area contributed by atoms with Gasteiger partial charge in [-0.3, -0.25) is 5.43 Å². The van der Waals surface area contributed by atoms with E-state index in [1.807, 2.05) is 72.8 Å². The first-order chi connectivity index (χ1) is 12.6. The van der Waals surface area contributed by atoms with Gasteiger partial charge in [0.2, 0.25) is 0 Å². The average molecular weight is 365 g/mol. The van der Waals surface area contributed by atoms with Gasteiger partial charge in [-0.15, -0.1) is 16.4 Å². The van der Waals surface area contributed by atoms with Crippen molar-refractivity contribution >= 4 is 34.4 Å². The Balaban J connectivity index is 1.71. The molecule has 0 aliphatic carbocycles. The standard InChI is InChI=1S/C18H19N7S/c19-17(23-22-13-7-3-1-4-8-13)15-11-12-16(26-15)18(20)24-25(21)14-9-5-2-6-10-14/h1-12,22H,21H2,(H2,19,23)(H2,20,24). The van der Waals surface area contributed by atoms with E-state index in [0.717, 1.165) is 21.1 Å². The molecule has 1 aromatic heterocycles. The number of thiophene rings is 1. The molecular formula is C18H19N7S. The largest absolute Gasteiger partial charge is 0.381 e. The summed E-state index contributed by atoms with van der Waals surface area (Å²) in [6, 6.07) is 22.6.